The van der Waals surface area contributed by atoms with Gasteiger partial charge in [0, 0.05) is 56.9 Å². The van der Waals surface area contributed by atoms with Crippen LogP contribution in [-0.4, -0.2) is 66.8 Å². The summed E-state index contributed by atoms with van der Waals surface area (Å²) in [6.45, 7) is 7.85. The summed E-state index contributed by atoms with van der Waals surface area (Å²) >= 11 is 0. The quantitative estimate of drug-likeness (QED) is 0.868. The minimum atomic E-state index is 0.0275. The number of nitriles is 1. The average Bonchev–Trinajstić information content (AvgIpc) is 2.64. The van der Waals surface area contributed by atoms with E-state index in [0.29, 0.717) is 5.56 Å². The van der Waals surface area contributed by atoms with E-state index in [9.17, 15) is 10.1 Å². The van der Waals surface area contributed by atoms with Gasteiger partial charge in [0.25, 0.3) is 0 Å². The van der Waals surface area contributed by atoms with Crippen molar-refractivity contribution in [2.45, 2.75) is 32.1 Å². The van der Waals surface area contributed by atoms with Gasteiger partial charge in [0.05, 0.1) is 29.3 Å². The molecule has 1 aromatic heterocycles. The minimum absolute atomic E-state index is 0.0275. The first-order valence-electron chi connectivity index (χ1n) is 9.71. The smallest absolute Gasteiger partial charge is 0.217 e. The largest absolute Gasteiger partial charge is 0.370 e. The van der Waals surface area contributed by atoms with Crippen molar-refractivity contribution >= 4 is 22.5 Å². The van der Waals surface area contributed by atoms with Crippen molar-refractivity contribution < 1.29 is 9.53 Å². The number of likely N-dealkylation sites (tertiary alicyclic amines) is 1. The maximum absolute atomic E-state index is 11.2. The van der Waals surface area contributed by atoms with E-state index in [0.717, 1.165) is 49.3 Å². The minimum Gasteiger partial charge on any atom is -0.370 e. The zero-order valence-corrected chi connectivity index (χ0v) is 16.3. The number of amides is 1. The van der Waals surface area contributed by atoms with E-state index in [2.05, 4.69) is 33.1 Å². The Hall–Kier alpha value is -2.69. The van der Waals surface area contributed by atoms with Crippen molar-refractivity contribution in [1.82, 2.24) is 15.2 Å². The molecule has 1 N–H and O–H groups in total. The Bertz CT molecular complexity index is 919. The van der Waals surface area contributed by atoms with Gasteiger partial charge in [0.2, 0.25) is 5.91 Å². The van der Waals surface area contributed by atoms with Crippen LogP contribution >= 0.6 is 0 Å². The van der Waals surface area contributed by atoms with Crippen molar-refractivity contribution in [3.05, 3.63) is 36.0 Å². The molecule has 2 aliphatic heterocycles. The number of rotatable bonds is 4. The molecule has 28 heavy (non-hydrogen) atoms. The molecule has 2 saturated heterocycles. The number of carbonyl (C=O) groups excluding carboxylic acids is 1. The zero-order chi connectivity index (χ0) is 19.7. The number of benzene rings is 1. The van der Waals surface area contributed by atoms with Gasteiger partial charge in [-0.2, -0.15) is 5.26 Å². The summed E-state index contributed by atoms with van der Waals surface area (Å²) in [5.74, 6) is 0.0275. The van der Waals surface area contributed by atoms with Gasteiger partial charge >= 0.3 is 0 Å². The van der Waals surface area contributed by atoms with Gasteiger partial charge in [0.15, 0.2) is 0 Å². The number of fused-ring (bicyclic) bond motifs is 1. The fourth-order valence-electron chi connectivity index (χ4n) is 4.25. The summed E-state index contributed by atoms with van der Waals surface area (Å²) in [4.78, 5) is 20.2. The first-order valence-corrected chi connectivity index (χ1v) is 9.71. The number of aromatic nitrogens is 1. The second kappa shape index (κ2) is 7.74. The van der Waals surface area contributed by atoms with E-state index in [4.69, 9.17) is 4.74 Å². The molecular weight excluding hydrogens is 354 g/mol. The number of nitrogens with zero attached hydrogens (tertiary/aromatic N) is 4. The Morgan fingerprint density at radius 3 is 2.89 bits per heavy atom. The van der Waals surface area contributed by atoms with E-state index in [1.807, 2.05) is 24.3 Å². The van der Waals surface area contributed by atoms with E-state index >= 15 is 0 Å². The molecule has 0 unspecified atom stereocenters. The Morgan fingerprint density at radius 1 is 1.32 bits per heavy atom. The van der Waals surface area contributed by atoms with Crippen LogP contribution in [0.4, 0.5) is 5.69 Å². The lowest BCUT2D eigenvalue weighted by Gasteiger charge is -2.44. The molecule has 0 radical (unpaired) electrons. The van der Waals surface area contributed by atoms with Gasteiger partial charge in [-0.1, -0.05) is 0 Å². The third-order valence-electron chi connectivity index (χ3n) is 5.36. The first kappa shape index (κ1) is 18.7. The third-order valence-corrected chi connectivity index (χ3v) is 5.36. The normalized spacial score (nSPS) is 23.2. The molecule has 2 aromatic rings. The number of hydrogen-bond donors (Lipinski definition) is 1. The number of ether oxygens (including phenoxy) is 1. The van der Waals surface area contributed by atoms with Crippen LogP contribution in [0.5, 0.6) is 0 Å². The SMILES string of the molecule is CC(=O)NC1CN(C[C@H]2CN(c3ccc(C#N)c4ncccc34)C[C@@H](C)O2)C1. The summed E-state index contributed by atoms with van der Waals surface area (Å²) in [6.07, 6.45) is 1.95. The van der Waals surface area contributed by atoms with Crippen molar-refractivity contribution in [1.29, 1.82) is 5.26 Å². The lowest BCUT2D eigenvalue weighted by atomic mass is 10.0. The van der Waals surface area contributed by atoms with Crippen molar-refractivity contribution in [3.8, 4) is 6.07 Å². The average molecular weight is 379 g/mol. The number of anilines is 1. The summed E-state index contributed by atoms with van der Waals surface area (Å²) in [5.41, 5.74) is 2.45. The molecule has 2 atom stereocenters. The van der Waals surface area contributed by atoms with Crippen LogP contribution in [0.15, 0.2) is 30.5 Å². The van der Waals surface area contributed by atoms with Crippen molar-refractivity contribution in [2.75, 3.05) is 37.6 Å². The fourth-order valence-corrected chi connectivity index (χ4v) is 4.25. The highest BCUT2D eigenvalue weighted by atomic mass is 16.5. The Morgan fingerprint density at radius 2 is 2.14 bits per heavy atom. The second-order valence-electron chi connectivity index (χ2n) is 7.73. The highest BCUT2D eigenvalue weighted by Gasteiger charge is 2.33. The molecular formula is C21H25N5O2. The van der Waals surface area contributed by atoms with Crippen LogP contribution in [0, 0.1) is 11.3 Å². The number of nitrogens with one attached hydrogen (secondary N) is 1. The topological polar surface area (TPSA) is 81.5 Å². The number of hydrogen-bond acceptors (Lipinski definition) is 6. The summed E-state index contributed by atoms with van der Waals surface area (Å²) in [6, 6.07) is 10.3. The first-order chi connectivity index (χ1) is 13.5. The molecule has 1 amide bonds. The summed E-state index contributed by atoms with van der Waals surface area (Å²) in [7, 11) is 0. The van der Waals surface area contributed by atoms with Crippen LogP contribution in [0.1, 0.15) is 19.4 Å². The maximum Gasteiger partial charge on any atom is 0.217 e. The van der Waals surface area contributed by atoms with Gasteiger partial charge < -0.3 is 15.0 Å². The number of morpholine rings is 1. The van der Waals surface area contributed by atoms with Gasteiger partial charge in [-0.25, -0.2) is 0 Å². The van der Waals surface area contributed by atoms with Crippen LogP contribution in [0.2, 0.25) is 0 Å². The Balaban J connectivity index is 1.48. The fraction of sp³-hybridized carbons (Fsp3) is 0.476. The molecule has 2 aliphatic rings. The molecule has 0 spiro atoms. The molecule has 2 fully saturated rings. The lowest BCUT2D eigenvalue weighted by Crippen LogP contribution is -2.62. The Labute approximate surface area is 164 Å². The maximum atomic E-state index is 11.2. The van der Waals surface area contributed by atoms with Gasteiger partial charge in [-0.3, -0.25) is 14.7 Å². The van der Waals surface area contributed by atoms with Gasteiger partial charge in [-0.05, 0) is 31.2 Å². The van der Waals surface area contributed by atoms with Gasteiger partial charge in [-0.15, -0.1) is 0 Å². The highest BCUT2D eigenvalue weighted by molar-refractivity contribution is 5.95. The monoisotopic (exact) mass is 379 g/mol. The number of pyridine rings is 1. The van der Waals surface area contributed by atoms with Crippen molar-refractivity contribution in [2.24, 2.45) is 0 Å². The van der Waals surface area contributed by atoms with E-state index in [1.165, 1.54) is 0 Å². The van der Waals surface area contributed by atoms with Crippen LogP contribution in [0.25, 0.3) is 10.9 Å². The molecule has 146 valence electrons. The molecule has 7 nitrogen and oxygen atoms in total. The molecule has 0 bridgehead atoms. The predicted octanol–water partition coefficient (Wildman–Crippen LogP) is 1.52. The lowest BCUT2D eigenvalue weighted by molar-refractivity contribution is -0.121. The van der Waals surface area contributed by atoms with Gasteiger partial charge in [0.1, 0.15) is 6.07 Å². The Kier molecular flexibility index (Phi) is 5.16. The third kappa shape index (κ3) is 3.79. The zero-order valence-electron chi connectivity index (χ0n) is 16.3. The predicted molar refractivity (Wildman–Crippen MR) is 107 cm³/mol. The highest BCUT2D eigenvalue weighted by Crippen LogP contribution is 2.30. The second-order valence-corrected chi connectivity index (χ2v) is 7.73. The summed E-state index contributed by atoms with van der Waals surface area (Å²) in [5, 5.41) is 13.3. The van der Waals surface area contributed by atoms with Crippen LogP contribution < -0.4 is 10.2 Å². The van der Waals surface area contributed by atoms with E-state index in [1.54, 1.807) is 13.1 Å². The molecule has 0 aliphatic carbocycles. The number of carbonyl (C=O) groups is 1. The molecule has 1 aromatic carbocycles. The van der Waals surface area contributed by atoms with E-state index in [-0.39, 0.29) is 24.2 Å². The molecule has 4 rings (SSSR count). The van der Waals surface area contributed by atoms with Crippen LogP contribution in [-0.2, 0) is 9.53 Å². The summed E-state index contributed by atoms with van der Waals surface area (Å²) < 4.78 is 6.18. The van der Waals surface area contributed by atoms with E-state index < -0.39 is 0 Å². The standard InChI is InChI=1S/C21H25N5O2/c1-14-9-26(13-18(28-14)12-25-10-17(11-25)24-15(2)27)20-6-5-16(8-22)21-19(20)4-3-7-23-21/h3-7,14,17-18H,9-13H2,1-2H3,(H,24,27)/t14-,18+/m1/s1. The molecule has 0 saturated carbocycles. The molecule has 7 heteroatoms. The van der Waals surface area contributed by atoms with Crippen LogP contribution in [0.3, 0.4) is 0 Å². The molecule has 3 heterocycles. The van der Waals surface area contributed by atoms with Crippen molar-refractivity contribution in [3.63, 3.8) is 0 Å².